The second-order valence-corrected chi connectivity index (χ2v) is 3.94. The molecule has 1 unspecified atom stereocenters. The van der Waals surface area contributed by atoms with Crippen LogP contribution in [-0.2, 0) is 9.53 Å². The van der Waals surface area contributed by atoms with Gasteiger partial charge in [-0.2, -0.15) is 0 Å². The topological polar surface area (TPSA) is 72.5 Å². The van der Waals surface area contributed by atoms with Crippen molar-refractivity contribution in [3.05, 3.63) is 28.5 Å². The molecule has 0 heterocycles. The normalized spacial score (nSPS) is 14.1. The Morgan fingerprint density at radius 1 is 1.61 bits per heavy atom. The van der Waals surface area contributed by atoms with Crippen LogP contribution in [0.1, 0.15) is 18.5 Å². The molecule has 0 aliphatic rings. The number of hydrogen-bond acceptors (Lipinski definition) is 4. The Morgan fingerprint density at radius 3 is 2.78 bits per heavy atom. The van der Waals surface area contributed by atoms with Crippen LogP contribution in [0.2, 0.25) is 5.02 Å². The van der Waals surface area contributed by atoms with Gasteiger partial charge in [-0.25, -0.2) is 13.6 Å². The molecule has 0 amide bonds. The average Bonchev–Trinajstić information content (AvgIpc) is 2.32. The predicted molar refractivity (Wildman–Crippen MR) is 61.5 cm³/mol. The monoisotopic (exact) mass is 279 g/mol. The van der Waals surface area contributed by atoms with E-state index in [-0.39, 0.29) is 17.2 Å². The quantitative estimate of drug-likeness (QED) is 0.828. The first-order valence-electron chi connectivity index (χ1n) is 5.12. The highest BCUT2D eigenvalue weighted by molar-refractivity contribution is 6.30. The molecule has 0 spiro atoms. The van der Waals surface area contributed by atoms with Crippen LogP contribution < -0.4 is 5.73 Å². The number of halogens is 3. The van der Waals surface area contributed by atoms with E-state index in [1.54, 1.807) is 0 Å². The van der Waals surface area contributed by atoms with Crippen molar-refractivity contribution in [1.29, 1.82) is 0 Å². The van der Waals surface area contributed by atoms with Gasteiger partial charge in [0, 0.05) is 10.6 Å². The van der Waals surface area contributed by atoms with Gasteiger partial charge in [0.15, 0.2) is 11.6 Å². The van der Waals surface area contributed by atoms with Crippen LogP contribution in [0.4, 0.5) is 8.78 Å². The van der Waals surface area contributed by atoms with Crippen molar-refractivity contribution in [3.63, 3.8) is 0 Å². The lowest BCUT2D eigenvalue weighted by Gasteiger charge is -2.17. The van der Waals surface area contributed by atoms with Gasteiger partial charge >= 0.3 is 5.97 Å². The Balaban J connectivity index is 3.03. The van der Waals surface area contributed by atoms with Crippen LogP contribution in [0.15, 0.2) is 12.1 Å². The van der Waals surface area contributed by atoms with E-state index in [9.17, 15) is 18.7 Å². The maximum Gasteiger partial charge on any atom is 0.342 e. The van der Waals surface area contributed by atoms with Crippen molar-refractivity contribution in [2.45, 2.75) is 19.1 Å². The molecule has 4 nitrogen and oxygen atoms in total. The summed E-state index contributed by atoms with van der Waals surface area (Å²) in [5, 5.41) is 9.36. The SMILES string of the molecule is CCOC(=O)C(F)[C@@H](N)c1cc(Cl)cc(F)c1O. The first kappa shape index (κ1) is 14.7. The zero-order valence-electron chi connectivity index (χ0n) is 9.49. The van der Waals surface area contributed by atoms with Gasteiger partial charge in [-0.05, 0) is 19.1 Å². The number of benzene rings is 1. The van der Waals surface area contributed by atoms with E-state index in [1.807, 2.05) is 0 Å². The number of phenolic OH excluding ortho intramolecular Hbond substituents is 1. The van der Waals surface area contributed by atoms with E-state index < -0.39 is 29.7 Å². The summed E-state index contributed by atoms with van der Waals surface area (Å²) >= 11 is 5.57. The average molecular weight is 280 g/mol. The number of nitrogens with two attached hydrogens (primary N) is 1. The number of aromatic hydroxyl groups is 1. The van der Waals surface area contributed by atoms with Crippen molar-refractivity contribution in [3.8, 4) is 5.75 Å². The number of phenols is 1. The Hall–Kier alpha value is -1.40. The second kappa shape index (κ2) is 5.97. The third-order valence-electron chi connectivity index (χ3n) is 2.24. The molecule has 2 atom stereocenters. The fourth-order valence-electron chi connectivity index (χ4n) is 1.37. The van der Waals surface area contributed by atoms with Crippen molar-refractivity contribution in [2.24, 2.45) is 5.73 Å². The van der Waals surface area contributed by atoms with Crippen molar-refractivity contribution in [2.75, 3.05) is 6.61 Å². The van der Waals surface area contributed by atoms with E-state index in [4.69, 9.17) is 17.3 Å². The second-order valence-electron chi connectivity index (χ2n) is 3.51. The van der Waals surface area contributed by atoms with E-state index in [2.05, 4.69) is 4.74 Å². The third kappa shape index (κ3) is 3.08. The molecule has 18 heavy (non-hydrogen) atoms. The molecule has 3 N–H and O–H groups in total. The van der Waals surface area contributed by atoms with E-state index in [1.165, 1.54) is 6.92 Å². The molecule has 100 valence electrons. The lowest BCUT2D eigenvalue weighted by Crippen LogP contribution is -2.31. The molecule has 0 bridgehead atoms. The van der Waals surface area contributed by atoms with Crippen LogP contribution in [0, 0.1) is 5.82 Å². The van der Waals surface area contributed by atoms with Gasteiger partial charge in [-0.3, -0.25) is 0 Å². The molecule has 0 saturated heterocycles. The highest BCUT2D eigenvalue weighted by Gasteiger charge is 2.30. The van der Waals surface area contributed by atoms with E-state index >= 15 is 0 Å². The molecule has 0 radical (unpaired) electrons. The molecule has 0 aliphatic heterocycles. The number of hydrogen-bond donors (Lipinski definition) is 2. The molecular weight excluding hydrogens is 268 g/mol. The van der Waals surface area contributed by atoms with Crippen molar-refractivity contribution >= 4 is 17.6 Å². The summed E-state index contributed by atoms with van der Waals surface area (Å²) in [5.41, 5.74) is 5.16. The standard InChI is InChI=1S/C11H12ClF2NO3/c1-2-18-11(17)8(14)9(15)6-3-5(12)4-7(13)10(6)16/h3-4,8-9,16H,2,15H2,1H3/t8?,9-/m0/s1. The minimum atomic E-state index is -2.21. The number of ether oxygens (including phenoxy) is 1. The number of rotatable bonds is 4. The van der Waals surface area contributed by atoms with Gasteiger partial charge in [0.2, 0.25) is 6.17 Å². The van der Waals surface area contributed by atoms with Gasteiger partial charge in [-0.15, -0.1) is 0 Å². The summed E-state index contributed by atoms with van der Waals surface area (Å²) in [6.45, 7) is 1.49. The molecule has 7 heteroatoms. The van der Waals surface area contributed by atoms with Gasteiger partial charge in [0.25, 0.3) is 0 Å². The maximum absolute atomic E-state index is 13.6. The van der Waals surface area contributed by atoms with Crippen LogP contribution >= 0.6 is 11.6 Å². The number of carbonyl (C=O) groups is 1. The van der Waals surface area contributed by atoms with Crippen LogP contribution in [0.3, 0.4) is 0 Å². The molecule has 0 saturated carbocycles. The van der Waals surface area contributed by atoms with Crippen LogP contribution in [0.5, 0.6) is 5.75 Å². The van der Waals surface area contributed by atoms with Crippen LogP contribution in [0.25, 0.3) is 0 Å². The molecule has 0 aromatic heterocycles. The third-order valence-corrected chi connectivity index (χ3v) is 2.46. The molecule has 0 fully saturated rings. The molecule has 1 rings (SSSR count). The Labute approximate surface area is 107 Å². The maximum atomic E-state index is 13.6. The first-order chi connectivity index (χ1) is 8.38. The van der Waals surface area contributed by atoms with Crippen LogP contribution in [-0.4, -0.2) is 23.9 Å². The molecule has 1 aromatic carbocycles. The van der Waals surface area contributed by atoms with Gasteiger partial charge < -0.3 is 15.6 Å². The zero-order valence-corrected chi connectivity index (χ0v) is 10.2. The lowest BCUT2D eigenvalue weighted by molar-refractivity contribution is -0.149. The van der Waals surface area contributed by atoms with Crippen molar-refractivity contribution < 1.29 is 23.4 Å². The van der Waals surface area contributed by atoms with Gasteiger partial charge in [0.1, 0.15) is 0 Å². The zero-order chi connectivity index (χ0) is 13.9. The Bertz CT molecular complexity index is 456. The first-order valence-corrected chi connectivity index (χ1v) is 5.50. The summed E-state index contributed by atoms with van der Waals surface area (Å²) in [7, 11) is 0. The largest absolute Gasteiger partial charge is 0.505 e. The fourth-order valence-corrected chi connectivity index (χ4v) is 1.58. The van der Waals surface area contributed by atoms with E-state index in [0.717, 1.165) is 12.1 Å². The summed E-state index contributed by atoms with van der Waals surface area (Å²) in [6.07, 6.45) is -2.21. The smallest absolute Gasteiger partial charge is 0.342 e. The molecule has 1 aromatic rings. The van der Waals surface area contributed by atoms with Gasteiger partial charge in [0.05, 0.1) is 12.6 Å². The summed E-state index contributed by atoms with van der Waals surface area (Å²) in [4.78, 5) is 11.2. The summed E-state index contributed by atoms with van der Waals surface area (Å²) in [5.74, 6) is -3.05. The predicted octanol–water partition coefficient (Wildman–Crippen LogP) is 2.09. The van der Waals surface area contributed by atoms with Gasteiger partial charge in [-0.1, -0.05) is 11.6 Å². The minimum Gasteiger partial charge on any atom is -0.505 e. The van der Waals surface area contributed by atoms with Crippen molar-refractivity contribution in [1.82, 2.24) is 0 Å². The molecule has 0 aliphatic carbocycles. The summed E-state index contributed by atoms with van der Waals surface area (Å²) < 4.78 is 31.3. The highest BCUT2D eigenvalue weighted by Crippen LogP contribution is 2.32. The van der Waals surface area contributed by atoms with E-state index in [0.29, 0.717) is 0 Å². The Morgan fingerprint density at radius 2 is 2.22 bits per heavy atom. The molecular formula is C11H12ClF2NO3. The minimum absolute atomic E-state index is 0.0120. The lowest BCUT2D eigenvalue weighted by atomic mass is 10.0. The summed E-state index contributed by atoms with van der Waals surface area (Å²) in [6, 6.07) is 0.387. The number of esters is 1. The number of carbonyl (C=O) groups excluding carboxylic acids is 1. The number of alkyl halides is 1. The fraction of sp³-hybridized carbons (Fsp3) is 0.364. The highest BCUT2D eigenvalue weighted by atomic mass is 35.5. The Kier molecular flexibility index (Phi) is 4.86.